The highest BCUT2D eigenvalue weighted by molar-refractivity contribution is 5.50. The molecule has 1 rings (SSSR count). The van der Waals surface area contributed by atoms with Gasteiger partial charge in [-0.05, 0) is 39.8 Å². The quantitative estimate of drug-likeness (QED) is 0.748. The zero-order chi connectivity index (χ0) is 12.8. The lowest BCUT2D eigenvalue weighted by atomic mass is 9.99. The van der Waals surface area contributed by atoms with Gasteiger partial charge in [-0.3, -0.25) is 4.98 Å². The predicted molar refractivity (Wildman–Crippen MR) is 74.2 cm³/mol. The third-order valence-electron chi connectivity index (χ3n) is 2.65. The molecule has 0 amide bonds. The first kappa shape index (κ1) is 13.9. The van der Waals surface area contributed by atoms with E-state index in [0.29, 0.717) is 5.92 Å². The van der Waals surface area contributed by atoms with Gasteiger partial charge in [-0.25, -0.2) is 0 Å². The summed E-state index contributed by atoms with van der Waals surface area (Å²) < 4.78 is 0. The van der Waals surface area contributed by atoms with Gasteiger partial charge < -0.3 is 9.80 Å². The number of hydrogen-bond acceptors (Lipinski definition) is 3. The number of aromatic nitrogens is 1. The van der Waals surface area contributed by atoms with Crippen LogP contribution in [0.4, 0.5) is 0 Å². The smallest absolute Gasteiger partial charge is 0.0532 e. The summed E-state index contributed by atoms with van der Waals surface area (Å²) in [6.07, 6.45) is 3.75. The number of pyridine rings is 1. The Labute approximate surface area is 105 Å². The first-order valence-electron chi connectivity index (χ1n) is 5.91. The van der Waals surface area contributed by atoms with Crippen molar-refractivity contribution in [2.45, 2.75) is 5.92 Å². The fourth-order valence-electron chi connectivity index (χ4n) is 2.06. The molecule has 3 nitrogen and oxygen atoms in total. The average molecular weight is 233 g/mol. The van der Waals surface area contributed by atoms with Crippen molar-refractivity contribution in [1.82, 2.24) is 14.8 Å². The van der Waals surface area contributed by atoms with E-state index < -0.39 is 0 Å². The normalized spacial score (nSPS) is 11.5. The van der Waals surface area contributed by atoms with Crippen LogP contribution in [0.2, 0.25) is 0 Å². The summed E-state index contributed by atoms with van der Waals surface area (Å²) in [7, 11) is 8.39. The Balaban J connectivity index is 2.98. The first-order chi connectivity index (χ1) is 8.04. The van der Waals surface area contributed by atoms with Crippen LogP contribution in [0.25, 0.3) is 6.08 Å². The van der Waals surface area contributed by atoms with Gasteiger partial charge >= 0.3 is 0 Å². The van der Waals surface area contributed by atoms with Gasteiger partial charge in [0, 0.05) is 25.2 Å². The third-order valence-corrected chi connectivity index (χ3v) is 2.65. The van der Waals surface area contributed by atoms with Crippen molar-refractivity contribution < 1.29 is 0 Å². The minimum atomic E-state index is 0.411. The van der Waals surface area contributed by atoms with E-state index in [-0.39, 0.29) is 0 Å². The Morgan fingerprint density at radius 3 is 2.29 bits per heavy atom. The fraction of sp³-hybridized carbons (Fsp3) is 0.500. The van der Waals surface area contributed by atoms with E-state index >= 15 is 0 Å². The molecule has 1 heterocycles. The number of rotatable bonds is 6. The molecular weight excluding hydrogens is 210 g/mol. The molecule has 0 saturated heterocycles. The van der Waals surface area contributed by atoms with Crippen LogP contribution < -0.4 is 0 Å². The van der Waals surface area contributed by atoms with E-state index in [4.69, 9.17) is 0 Å². The molecule has 0 fully saturated rings. The summed E-state index contributed by atoms with van der Waals surface area (Å²) in [4.78, 5) is 8.94. The van der Waals surface area contributed by atoms with E-state index in [2.05, 4.69) is 55.6 Å². The Morgan fingerprint density at radius 1 is 1.24 bits per heavy atom. The molecule has 0 aliphatic rings. The summed E-state index contributed by atoms with van der Waals surface area (Å²) >= 11 is 0. The molecule has 0 aliphatic heterocycles. The Morgan fingerprint density at radius 2 is 1.82 bits per heavy atom. The number of likely N-dealkylation sites (N-methyl/N-ethyl adjacent to an activating group) is 2. The number of nitrogens with zero attached hydrogens (tertiary/aromatic N) is 3. The monoisotopic (exact) mass is 233 g/mol. The maximum Gasteiger partial charge on any atom is 0.0532 e. The topological polar surface area (TPSA) is 19.4 Å². The molecule has 0 bridgehead atoms. The van der Waals surface area contributed by atoms with Crippen molar-refractivity contribution in [3.63, 3.8) is 0 Å². The van der Waals surface area contributed by atoms with Gasteiger partial charge in [-0.15, -0.1) is 0 Å². The second-order valence-electron chi connectivity index (χ2n) is 4.90. The zero-order valence-electron chi connectivity index (χ0n) is 11.3. The van der Waals surface area contributed by atoms with Crippen molar-refractivity contribution in [2.24, 2.45) is 0 Å². The summed E-state index contributed by atoms with van der Waals surface area (Å²) in [6, 6.07) is 4.04. The maximum atomic E-state index is 4.53. The molecule has 1 aromatic heterocycles. The lowest BCUT2D eigenvalue weighted by molar-refractivity contribution is 0.304. The summed E-state index contributed by atoms with van der Waals surface area (Å²) in [6.45, 7) is 5.86. The van der Waals surface area contributed by atoms with Crippen LogP contribution in [0.15, 0.2) is 24.9 Å². The second kappa shape index (κ2) is 6.52. The van der Waals surface area contributed by atoms with Crippen molar-refractivity contribution in [2.75, 3.05) is 41.3 Å². The van der Waals surface area contributed by atoms with Gasteiger partial charge in [0.2, 0.25) is 0 Å². The summed E-state index contributed by atoms with van der Waals surface area (Å²) in [5.41, 5.74) is 2.28. The largest absolute Gasteiger partial charge is 0.309 e. The highest BCUT2D eigenvalue weighted by Crippen LogP contribution is 2.20. The van der Waals surface area contributed by atoms with Crippen LogP contribution >= 0.6 is 0 Å². The first-order valence-corrected chi connectivity index (χ1v) is 5.91. The second-order valence-corrected chi connectivity index (χ2v) is 4.90. The Kier molecular flexibility index (Phi) is 5.32. The molecule has 0 unspecified atom stereocenters. The van der Waals surface area contributed by atoms with E-state index in [9.17, 15) is 0 Å². The standard InChI is InChI=1S/C14H23N3/c1-6-12-8-7-9-15-14(12)13(10-16(2)3)11-17(4)5/h6-9,13H,1,10-11H2,2-5H3. The fourth-order valence-corrected chi connectivity index (χ4v) is 2.06. The van der Waals surface area contributed by atoms with Crippen LogP contribution in [-0.2, 0) is 0 Å². The van der Waals surface area contributed by atoms with Crippen molar-refractivity contribution in [3.8, 4) is 0 Å². The van der Waals surface area contributed by atoms with Gasteiger partial charge in [0.05, 0.1) is 5.69 Å². The van der Waals surface area contributed by atoms with E-state index in [0.717, 1.165) is 24.3 Å². The van der Waals surface area contributed by atoms with Crippen molar-refractivity contribution in [3.05, 3.63) is 36.2 Å². The maximum absolute atomic E-state index is 4.53. The van der Waals surface area contributed by atoms with Crippen LogP contribution in [0.3, 0.4) is 0 Å². The van der Waals surface area contributed by atoms with Crippen LogP contribution in [0.5, 0.6) is 0 Å². The van der Waals surface area contributed by atoms with Crippen molar-refractivity contribution in [1.29, 1.82) is 0 Å². The average Bonchev–Trinajstić information content (AvgIpc) is 2.27. The lowest BCUT2D eigenvalue weighted by Crippen LogP contribution is -2.29. The molecule has 17 heavy (non-hydrogen) atoms. The van der Waals surface area contributed by atoms with Gasteiger partial charge in [0.1, 0.15) is 0 Å². The molecule has 1 aromatic rings. The number of hydrogen-bond donors (Lipinski definition) is 0. The molecule has 94 valence electrons. The van der Waals surface area contributed by atoms with Gasteiger partial charge in [0.25, 0.3) is 0 Å². The van der Waals surface area contributed by atoms with Gasteiger partial charge in [-0.2, -0.15) is 0 Å². The highest BCUT2D eigenvalue weighted by Gasteiger charge is 2.17. The predicted octanol–water partition coefficient (Wildman–Crippen LogP) is 1.93. The Bertz CT molecular complexity index is 348. The van der Waals surface area contributed by atoms with E-state index in [1.807, 2.05) is 18.3 Å². The zero-order valence-corrected chi connectivity index (χ0v) is 11.3. The van der Waals surface area contributed by atoms with Gasteiger partial charge in [0.15, 0.2) is 0 Å². The molecular formula is C14H23N3. The molecule has 0 N–H and O–H groups in total. The SMILES string of the molecule is C=Cc1cccnc1C(CN(C)C)CN(C)C. The third kappa shape index (κ3) is 4.29. The van der Waals surface area contributed by atoms with Crippen molar-refractivity contribution >= 4 is 6.08 Å². The molecule has 0 saturated carbocycles. The van der Waals surface area contributed by atoms with Gasteiger partial charge in [-0.1, -0.05) is 18.7 Å². The molecule has 0 aliphatic carbocycles. The Hall–Kier alpha value is -1.19. The van der Waals surface area contributed by atoms with E-state index in [1.165, 1.54) is 0 Å². The molecule has 3 heteroatoms. The lowest BCUT2D eigenvalue weighted by Gasteiger charge is -2.25. The molecule has 0 atom stereocenters. The highest BCUT2D eigenvalue weighted by atomic mass is 15.1. The van der Waals surface area contributed by atoms with Crippen LogP contribution in [0.1, 0.15) is 17.2 Å². The summed E-state index contributed by atoms with van der Waals surface area (Å²) in [5.74, 6) is 0.411. The molecule has 0 radical (unpaired) electrons. The minimum absolute atomic E-state index is 0.411. The van der Waals surface area contributed by atoms with Crippen LogP contribution in [0, 0.1) is 0 Å². The van der Waals surface area contributed by atoms with Crippen LogP contribution in [-0.4, -0.2) is 56.1 Å². The van der Waals surface area contributed by atoms with E-state index in [1.54, 1.807) is 0 Å². The molecule has 0 spiro atoms. The minimum Gasteiger partial charge on any atom is -0.309 e. The summed E-state index contributed by atoms with van der Waals surface area (Å²) in [5, 5.41) is 0. The molecule has 0 aromatic carbocycles.